The minimum Gasteiger partial charge on any atom is -0.386 e. The van der Waals surface area contributed by atoms with Crippen LogP contribution in [0.3, 0.4) is 0 Å². The highest BCUT2D eigenvalue weighted by molar-refractivity contribution is 7.91. The van der Waals surface area contributed by atoms with E-state index < -0.39 is 15.4 Å². The number of rotatable bonds is 5. The molecule has 0 saturated carbocycles. The number of hydrogen-bond donors (Lipinski definition) is 2. The second-order valence-corrected chi connectivity index (χ2v) is 7.09. The standard InChI is InChI=1S/C13H19NO4S/c1-2-19(16,17)12-5-3-11(4-6-12)14-9-13(15)7-8-18-10-13/h3-6,14-15H,2,7-10H2,1H3. The van der Waals surface area contributed by atoms with Gasteiger partial charge in [-0.1, -0.05) is 6.92 Å². The molecule has 6 heteroatoms. The summed E-state index contributed by atoms with van der Waals surface area (Å²) >= 11 is 0. The lowest BCUT2D eigenvalue weighted by molar-refractivity contribution is 0.0382. The highest BCUT2D eigenvalue weighted by Gasteiger charge is 2.31. The summed E-state index contributed by atoms with van der Waals surface area (Å²) in [5.74, 6) is 0.0941. The molecular formula is C13H19NO4S. The number of aliphatic hydroxyl groups is 1. The maximum Gasteiger partial charge on any atom is 0.178 e. The lowest BCUT2D eigenvalue weighted by Gasteiger charge is -2.21. The first-order chi connectivity index (χ1) is 8.95. The highest BCUT2D eigenvalue weighted by atomic mass is 32.2. The Labute approximate surface area is 113 Å². The maximum atomic E-state index is 11.7. The van der Waals surface area contributed by atoms with E-state index in [4.69, 9.17) is 4.74 Å². The molecule has 2 rings (SSSR count). The summed E-state index contributed by atoms with van der Waals surface area (Å²) in [5.41, 5.74) is -0.0378. The number of sulfone groups is 1. The fourth-order valence-electron chi connectivity index (χ4n) is 1.95. The molecule has 1 fully saturated rings. The van der Waals surface area contributed by atoms with Gasteiger partial charge in [-0.3, -0.25) is 0 Å². The molecule has 1 heterocycles. The Morgan fingerprint density at radius 3 is 2.58 bits per heavy atom. The Bertz CT molecular complexity index is 518. The second-order valence-electron chi connectivity index (χ2n) is 4.81. The summed E-state index contributed by atoms with van der Waals surface area (Å²) < 4.78 is 28.5. The van der Waals surface area contributed by atoms with E-state index >= 15 is 0 Å². The first kappa shape index (κ1) is 14.3. The molecule has 1 atom stereocenters. The van der Waals surface area contributed by atoms with Gasteiger partial charge in [0.25, 0.3) is 0 Å². The predicted molar refractivity (Wildman–Crippen MR) is 73.0 cm³/mol. The molecule has 5 nitrogen and oxygen atoms in total. The van der Waals surface area contributed by atoms with Crippen LogP contribution in [0.4, 0.5) is 5.69 Å². The Morgan fingerprint density at radius 2 is 2.05 bits per heavy atom. The van der Waals surface area contributed by atoms with E-state index in [9.17, 15) is 13.5 Å². The third-order valence-electron chi connectivity index (χ3n) is 3.30. The van der Waals surface area contributed by atoms with Gasteiger partial charge in [-0.25, -0.2) is 8.42 Å². The number of hydrogen-bond acceptors (Lipinski definition) is 5. The molecule has 0 aromatic heterocycles. The Kier molecular flexibility index (Phi) is 4.13. The quantitative estimate of drug-likeness (QED) is 0.845. The molecule has 1 saturated heterocycles. The lowest BCUT2D eigenvalue weighted by atomic mass is 10.0. The lowest BCUT2D eigenvalue weighted by Crippen LogP contribution is -2.37. The molecule has 0 spiro atoms. The van der Waals surface area contributed by atoms with Crippen molar-refractivity contribution in [3.63, 3.8) is 0 Å². The second kappa shape index (κ2) is 5.48. The van der Waals surface area contributed by atoms with Gasteiger partial charge in [0, 0.05) is 25.3 Å². The molecule has 0 bridgehead atoms. The van der Waals surface area contributed by atoms with Crippen molar-refractivity contribution in [2.45, 2.75) is 23.8 Å². The SMILES string of the molecule is CCS(=O)(=O)c1ccc(NCC2(O)CCOC2)cc1. The van der Waals surface area contributed by atoms with Crippen molar-refractivity contribution in [1.82, 2.24) is 0 Å². The molecule has 1 aliphatic heterocycles. The Balaban J connectivity index is 1.99. The summed E-state index contributed by atoms with van der Waals surface area (Å²) in [7, 11) is -3.15. The average molecular weight is 285 g/mol. The highest BCUT2D eigenvalue weighted by Crippen LogP contribution is 2.20. The predicted octanol–water partition coefficient (Wildman–Crippen LogP) is 1.04. The Hall–Kier alpha value is -1.11. The zero-order valence-electron chi connectivity index (χ0n) is 10.9. The van der Waals surface area contributed by atoms with Crippen LogP contribution in [-0.2, 0) is 14.6 Å². The van der Waals surface area contributed by atoms with E-state index in [-0.39, 0.29) is 5.75 Å². The van der Waals surface area contributed by atoms with Gasteiger partial charge in [-0.15, -0.1) is 0 Å². The van der Waals surface area contributed by atoms with E-state index in [2.05, 4.69) is 5.32 Å². The molecule has 0 amide bonds. The van der Waals surface area contributed by atoms with Gasteiger partial charge in [0.1, 0.15) is 5.60 Å². The van der Waals surface area contributed by atoms with Crippen LogP contribution in [-0.4, -0.2) is 44.6 Å². The van der Waals surface area contributed by atoms with E-state index in [1.54, 1.807) is 31.2 Å². The average Bonchev–Trinajstić information content (AvgIpc) is 2.84. The third kappa shape index (κ3) is 3.46. The van der Waals surface area contributed by atoms with Crippen LogP contribution in [0.2, 0.25) is 0 Å². The van der Waals surface area contributed by atoms with Gasteiger partial charge in [-0.2, -0.15) is 0 Å². The summed E-state index contributed by atoms with van der Waals surface area (Å²) in [5, 5.41) is 13.2. The monoisotopic (exact) mass is 285 g/mol. The summed E-state index contributed by atoms with van der Waals surface area (Å²) in [4.78, 5) is 0.323. The molecule has 1 aromatic carbocycles. The summed E-state index contributed by atoms with van der Waals surface area (Å²) in [6.45, 7) is 2.93. The first-order valence-corrected chi connectivity index (χ1v) is 7.97. The van der Waals surface area contributed by atoms with E-state index in [1.807, 2.05) is 0 Å². The largest absolute Gasteiger partial charge is 0.386 e. The molecule has 2 N–H and O–H groups in total. The summed E-state index contributed by atoms with van der Waals surface area (Å²) in [6.07, 6.45) is 0.613. The van der Waals surface area contributed by atoms with Crippen molar-refractivity contribution in [1.29, 1.82) is 0 Å². The van der Waals surface area contributed by atoms with Gasteiger partial charge in [0.15, 0.2) is 9.84 Å². The third-order valence-corrected chi connectivity index (χ3v) is 5.05. The fourth-order valence-corrected chi connectivity index (χ4v) is 2.83. The van der Waals surface area contributed by atoms with Crippen LogP contribution in [0, 0.1) is 0 Å². The van der Waals surface area contributed by atoms with Crippen molar-refractivity contribution in [3.05, 3.63) is 24.3 Å². The smallest absolute Gasteiger partial charge is 0.178 e. The van der Waals surface area contributed by atoms with Crippen molar-refractivity contribution >= 4 is 15.5 Å². The van der Waals surface area contributed by atoms with Crippen LogP contribution >= 0.6 is 0 Å². The molecule has 106 valence electrons. The van der Waals surface area contributed by atoms with Gasteiger partial charge in [-0.05, 0) is 24.3 Å². The fraction of sp³-hybridized carbons (Fsp3) is 0.538. The van der Waals surface area contributed by atoms with Crippen LogP contribution in [0.1, 0.15) is 13.3 Å². The van der Waals surface area contributed by atoms with Gasteiger partial charge >= 0.3 is 0 Å². The van der Waals surface area contributed by atoms with Gasteiger partial charge in [0.2, 0.25) is 0 Å². The van der Waals surface area contributed by atoms with E-state index in [0.29, 0.717) is 31.1 Å². The van der Waals surface area contributed by atoms with Crippen molar-refractivity contribution in [2.75, 3.05) is 30.8 Å². The van der Waals surface area contributed by atoms with Crippen LogP contribution in [0.25, 0.3) is 0 Å². The number of benzene rings is 1. The topological polar surface area (TPSA) is 75.6 Å². The molecule has 0 aliphatic carbocycles. The molecule has 19 heavy (non-hydrogen) atoms. The minimum absolute atomic E-state index is 0.0941. The molecule has 1 aromatic rings. The normalized spacial score (nSPS) is 23.5. The van der Waals surface area contributed by atoms with Crippen LogP contribution in [0.5, 0.6) is 0 Å². The first-order valence-electron chi connectivity index (χ1n) is 6.32. The van der Waals surface area contributed by atoms with Crippen LogP contribution < -0.4 is 5.32 Å². The zero-order valence-corrected chi connectivity index (χ0v) is 11.7. The zero-order chi connectivity index (χ0) is 13.9. The molecule has 0 radical (unpaired) electrons. The molecule has 1 unspecified atom stereocenters. The Morgan fingerprint density at radius 1 is 1.37 bits per heavy atom. The van der Waals surface area contributed by atoms with Crippen LogP contribution in [0.15, 0.2) is 29.2 Å². The van der Waals surface area contributed by atoms with Gasteiger partial charge in [0.05, 0.1) is 17.3 Å². The van der Waals surface area contributed by atoms with Crippen molar-refractivity contribution < 1.29 is 18.3 Å². The number of nitrogens with one attached hydrogen (secondary N) is 1. The van der Waals surface area contributed by atoms with E-state index in [0.717, 1.165) is 5.69 Å². The summed E-state index contributed by atoms with van der Waals surface area (Å²) in [6, 6.07) is 6.58. The van der Waals surface area contributed by atoms with Crippen molar-refractivity contribution in [3.8, 4) is 0 Å². The van der Waals surface area contributed by atoms with Gasteiger partial charge < -0.3 is 15.2 Å². The molecule has 1 aliphatic rings. The van der Waals surface area contributed by atoms with E-state index in [1.165, 1.54) is 0 Å². The van der Waals surface area contributed by atoms with Crippen molar-refractivity contribution in [2.24, 2.45) is 0 Å². The number of anilines is 1. The molecular weight excluding hydrogens is 266 g/mol. The maximum absolute atomic E-state index is 11.7. The minimum atomic E-state index is -3.15. The number of ether oxygens (including phenoxy) is 1.